The lowest BCUT2D eigenvalue weighted by atomic mass is 10.2. The van der Waals surface area contributed by atoms with E-state index in [9.17, 15) is 4.79 Å². The van der Waals surface area contributed by atoms with Gasteiger partial charge in [-0.25, -0.2) is 0 Å². The number of furan rings is 1. The van der Waals surface area contributed by atoms with Crippen LogP contribution in [-0.4, -0.2) is 25.9 Å². The molecule has 3 aromatic rings. The first-order valence-electron chi connectivity index (χ1n) is 8.20. The Morgan fingerprint density at radius 2 is 2.19 bits per heavy atom. The lowest BCUT2D eigenvalue weighted by Crippen LogP contribution is -2.23. The standard InChI is InChI=1S/C18H19BrN4O2S/c1-4-23-16(15-8-9-25-11(15)2)21-22-18(23)26-12(3)17(24)20-14-7-5-6-13(19)10-14/h5-10,12H,4H2,1-3H3,(H,20,24). The van der Waals surface area contributed by atoms with E-state index < -0.39 is 0 Å². The number of carbonyl (C=O) groups excluding carboxylic acids is 1. The Kier molecular flexibility index (Phi) is 5.83. The third-order valence-corrected chi connectivity index (χ3v) is 5.45. The zero-order valence-electron chi connectivity index (χ0n) is 14.7. The van der Waals surface area contributed by atoms with Crippen molar-refractivity contribution in [2.24, 2.45) is 0 Å². The normalized spacial score (nSPS) is 12.2. The average Bonchev–Trinajstić information content (AvgIpc) is 3.20. The minimum Gasteiger partial charge on any atom is -0.469 e. The highest BCUT2D eigenvalue weighted by molar-refractivity contribution is 9.10. The van der Waals surface area contributed by atoms with E-state index in [1.54, 1.807) is 6.26 Å². The molecule has 0 bridgehead atoms. The van der Waals surface area contributed by atoms with Crippen molar-refractivity contribution in [3.63, 3.8) is 0 Å². The van der Waals surface area contributed by atoms with E-state index in [-0.39, 0.29) is 11.2 Å². The van der Waals surface area contributed by atoms with Crippen LogP contribution in [0.25, 0.3) is 11.4 Å². The number of rotatable bonds is 6. The number of halogens is 1. The molecule has 2 aromatic heterocycles. The zero-order chi connectivity index (χ0) is 18.7. The monoisotopic (exact) mass is 434 g/mol. The van der Waals surface area contributed by atoms with Crippen LogP contribution in [0.5, 0.6) is 0 Å². The molecule has 3 rings (SSSR count). The molecule has 1 N–H and O–H groups in total. The number of hydrogen-bond donors (Lipinski definition) is 1. The highest BCUT2D eigenvalue weighted by Crippen LogP contribution is 2.29. The van der Waals surface area contributed by atoms with E-state index in [1.807, 2.05) is 55.7 Å². The lowest BCUT2D eigenvalue weighted by molar-refractivity contribution is -0.115. The molecular weight excluding hydrogens is 416 g/mol. The van der Waals surface area contributed by atoms with Gasteiger partial charge in [0, 0.05) is 16.7 Å². The maximum Gasteiger partial charge on any atom is 0.237 e. The summed E-state index contributed by atoms with van der Waals surface area (Å²) in [6.07, 6.45) is 1.64. The third-order valence-electron chi connectivity index (χ3n) is 3.88. The Hall–Kier alpha value is -2.06. The number of aryl methyl sites for hydroxylation is 1. The van der Waals surface area contributed by atoms with Gasteiger partial charge in [-0.2, -0.15) is 0 Å². The van der Waals surface area contributed by atoms with Crippen LogP contribution in [0.2, 0.25) is 0 Å². The molecular formula is C18H19BrN4O2S. The number of nitrogens with zero attached hydrogens (tertiary/aromatic N) is 3. The molecule has 0 saturated heterocycles. The largest absolute Gasteiger partial charge is 0.469 e. The number of benzene rings is 1. The molecule has 136 valence electrons. The van der Waals surface area contributed by atoms with Crippen LogP contribution in [0, 0.1) is 6.92 Å². The van der Waals surface area contributed by atoms with Crippen LogP contribution in [-0.2, 0) is 11.3 Å². The second-order valence-electron chi connectivity index (χ2n) is 5.70. The predicted octanol–water partition coefficient (Wildman–Crippen LogP) is 4.75. The Labute approximate surface area is 164 Å². The maximum absolute atomic E-state index is 12.5. The number of amides is 1. The van der Waals surface area contributed by atoms with E-state index in [0.717, 1.165) is 27.3 Å². The molecule has 0 radical (unpaired) electrons. The molecule has 0 aliphatic heterocycles. The van der Waals surface area contributed by atoms with Crippen LogP contribution < -0.4 is 5.32 Å². The SMILES string of the molecule is CCn1c(SC(C)C(=O)Nc2cccc(Br)c2)nnc1-c1ccoc1C. The molecule has 8 heteroatoms. The molecule has 0 aliphatic rings. The quantitative estimate of drug-likeness (QED) is 0.566. The third kappa shape index (κ3) is 4.02. The summed E-state index contributed by atoms with van der Waals surface area (Å²) in [4.78, 5) is 12.5. The molecule has 1 amide bonds. The van der Waals surface area contributed by atoms with Gasteiger partial charge >= 0.3 is 0 Å². The molecule has 0 saturated carbocycles. The number of anilines is 1. The van der Waals surface area contributed by atoms with Crippen molar-refractivity contribution in [1.82, 2.24) is 14.8 Å². The minimum atomic E-state index is -0.318. The van der Waals surface area contributed by atoms with Crippen molar-refractivity contribution in [1.29, 1.82) is 0 Å². The van der Waals surface area contributed by atoms with Crippen molar-refractivity contribution < 1.29 is 9.21 Å². The summed E-state index contributed by atoms with van der Waals surface area (Å²) in [5.41, 5.74) is 1.67. The number of carbonyl (C=O) groups is 1. The Bertz CT molecular complexity index is 922. The van der Waals surface area contributed by atoms with Gasteiger partial charge in [-0.15, -0.1) is 10.2 Å². The average molecular weight is 435 g/mol. The fraction of sp³-hybridized carbons (Fsp3) is 0.278. The molecule has 1 unspecified atom stereocenters. The Balaban J connectivity index is 1.75. The summed E-state index contributed by atoms with van der Waals surface area (Å²) in [6.45, 7) is 6.48. The second-order valence-corrected chi connectivity index (χ2v) is 7.92. The van der Waals surface area contributed by atoms with Crippen LogP contribution in [0.15, 0.2) is 50.6 Å². The van der Waals surface area contributed by atoms with Crippen molar-refractivity contribution in [3.8, 4) is 11.4 Å². The molecule has 1 atom stereocenters. The lowest BCUT2D eigenvalue weighted by Gasteiger charge is -2.13. The van der Waals surface area contributed by atoms with E-state index in [2.05, 4.69) is 31.4 Å². The van der Waals surface area contributed by atoms with Gasteiger partial charge in [0.2, 0.25) is 5.91 Å². The first-order valence-corrected chi connectivity index (χ1v) is 9.87. The zero-order valence-corrected chi connectivity index (χ0v) is 17.1. The van der Waals surface area contributed by atoms with Crippen molar-refractivity contribution in [3.05, 3.63) is 46.8 Å². The molecule has 0 aliphatic carbocycles. The fourth-order valence-corrected chi connectivity index (χ4v) is 3.81. The first kappa shape index (κ1) is 18.7. The van der Waals surface area contributed by atoms with Gasteiger partial charge in [0.25, 0.3) is 0 Å². The van der Waals surface area contributed by atoms with E-state index >= 15 is 0 Å². The summed E-state index contributed by atoms with van der Waals surface area (Å²) >= 11 is 4.79. The van der Waals surface area contributed by atoms with E-state index in [0.29, 0.717) is 11.7 Å². The van der Waals surface area contributed by atoms with Gasteiger partial charge in [0.1, 0.15) is 5.76 Å². The smallest absolute Gasteiger partial charge is 0.237 e. The van der Waals surface area contributed by atoms with Crippen molar-refractivity contribution in [2.45, 2.75) is 37.7 Å². The van der Waals surface area contributed by atoms with Gasteiger partial charge in [0.05, 0.1) is 17.1 Å². The molecule has 26 heavy (non-hydrogen) atoms. The first-order chi connectivity index (χ1) is 12.5. The van der Waals surface area contributed by atoms with Gasteiger partial charge in [-0.1, -0.05) is 33.8 Å². The fourth-order valence-electron chi connectivity index (χ4n) is 2.50. The Morgan fingerprint density at radius 3 is 2.85 bits per heavy atom. The van der Waals surface area contributed by atoms with Crippen molar-refractivity contribution >= 4 is 39.3 Å². The topological polar surface area (TPSA) is 73.0 Å². The van der Waals surface area contributed by atoms with Crippen LogP contribution in [0.3, 0.4) is 0 Å². The Morgan fingerprint density at radius 1 is 1.38 bits per heavy atom. The molecule has 2 heterocycles. The summed E-state index contributed by atoms with van der Waals surface area (Å²) in [6, 6.07) is 9.39. The molecule has 1 aromatic carbocycles. The van der Waals surface area contributed by atoms with Gasteiger partial charge in [-0.05, 0) is 45.0 Å². The van der Waals surface area contributed by atoms with Gasteiger partial charge < -0.3 is 14.3 Å². The van der Waals surface area contributed by atoms with Crippen molar-refractivity contribution in [2.75, 3.05) is 5.32 Å². The highest BCUT2D eigenvalue weighted by Gasteiger charge is 2.21. The maximum atomic E-state index is 12.5. The summed E-state index contributed by atoms with van der Waals surface area (Å²) in [5.74, 6) is 1.46. The van der Waals surface area contributed by atoms with Crippen LogP contribution >= 0.6 is 27.7 Å². The van der Waals surface area contributed by atoms with Gasteiger partial charge in [-0.3, -0.25) is 4.79 Å². The number of thioether (sulfide) groups is 1. The molecule has 0 fully saturated rings. The molecule has 6 nitrogen and oxygen atoms in total. The molecule has 0 spiro atoms. The van der Waals surface area contributed by atoms with Gasteiger partial charge in [0.15, 0.2) is 11.0 Å². The number of aromatic nitrogens is 3. The second kappa shape index (κ2) is 8.09. The summed E-state index contributed by atoms with van der Waals surface area (Å²) < 4.78 is 8.28. The summed E-state index contributed by atoms with van der Waals surface area (Å²) in [7, 11) is 0. The van der Waals surface area contributed by atoms with Crippen LogP contribution in [0.1, 0.15) is 19.6 Å². The number of hydrogen-bond acceptors (Lipinski definition) is 5. The predicted molar refractivity (Wildman–Crippen MR) is 106 cm³/mol. The van der Waals surface area contributed by atoms with E-state index in [1.165, 1.54) is 11.8 Å². The number of nitrogens with one attached hydrogen (secondary N) is 1. The minimum absolute atomic E-state index is 0.0835. The van der Waals surface area contributed by atoms with E-state index in [4.69, 9.17) is 4.42 Å². The van der Waals surface area contributed by atoms with Crippen LogP contribution in [0.4, 0.5) is 5.69 Å². The summed E-state index contributed by atoms with van der Waals surface area (Å²) in [5, 5.41) is 11.9. The highest BCUT2D eigenvalue weighted by atomic mass is 79.9.